The van der Waals surface area contributed by atoms with E-state index in [9.17, 15) is 0 Å². The predicted molar refractivity (Wildman–Crippen MR) is 147 cm³/mol. The maximum atomic E-state index is 6.34. The molecular formula is C30H46NOP. The lowest BCUT2D eigenvalue weighted by atomic mass is 10.0. The van der Waals surface area contributed by atoms with Crippen molar-refractivity contribution in [2.24, 2.45) is 0 Å². The van der Waals surface area contributed by atoms with E-state index < -0.39 is 8.30 Å². The molecule has 1 heterocycles. The molecule has 1 atom stereocenters. The predicted octanol–water partition coefficient (Wildman–Crippen LogP) is 9.53. The highest BCUT2D eigenvalue weighted by molar-refractivity contribution is 7.59. The van der Waals surface area contributed by atoms with Gasteiger partial charge in [-0.3, -0.25) is 5.09 Å². The van der Waals surface area contributed by atoms with E-state index in [-0.39, 0.29) is 0 Å². The first-order valence-corrected chi connectivity index (χ1v) is 15.1. The quantitative estimate of drug-likeness (QED) is 0.174. The monoisotopic (exact) mass is 467 g/mol. The normalized spacial score (nSPS) is 14.5. The fraction of sp³-hybridized carbons (Fsp3) is 0.600. The average Bonchev–Trinajstić information content (AvgIpc) is 2.86. The highest BCUT2D eigenvalue weighted by Gasteiger charge is 2.25. The summed E-state index contributed by atoms with van der Waals surface area (Å²) in [5.41, 5.74) is 2.54. The molecule has 0 spiro atoms. The maximum Gasteiger partial charge on any atom is 0.194 e. The summed E-state index contributed by atoms with van der Waals surface area (Å²) in [6.45, 7) is 3.34. The number of unbranched alkanes of at least 4 members (excludes halogenated alkanes) is 15. The molecule has 1 aliphatic rings. The second-order valence-corrected chi connectivity index (χ2v) is 11.2. The van der Waals surface area contributed by atoms with Gasteiger partial charge < -0.3 is 4.52 Å². The molecular weight excluding hydrogens is 421 g/mol. The van der Waals surface area contributed by atoms with E-state index in [1.54, 1.807) is 0 Å². The summed E-state index contributed by atoms with van der Waals surface area (Å²) in [4.78, 5) is 0. The van der Waals surface area contributed by atoms with Crippen LogP contribution in [-0.4, -0.2) is 6.54 Å². The lowest BCUT2D eigenvalue weighted by molar-refractivity contribution is 0.528. The van der Waals surface area contributed by atoms with Crippen LogP contribution in [0, 0.1) is 0 Å². The van der Waals surface area contributed by atoms with E-state index in [1.165, 1.54) is 119 Å². The Morgan fingerprint density at radius 2 is 1.06 bits per heavy atom. The summed E-state index contributed by atoms with van der Waals surface area (Å²) >= 11 is 0. The van der Waals surface area contributed by atoms with Crippen LogP contribution in [0.2, 0.25) is 0 Å². The average molecular weight is 468 g/mol. The number of nitrogens with one attached hydrogen (secondary N) is 1. The zero-order valence-corrected chi connectivity index (χ0v) is 21.9. The molecule has 2 aromatic carbocycles. The highest BCUT2D eigenvalue weighted by Crippen LogP contribution is 2.46. The van der Waals surface area contributed by atoms with Gasteiger partial charge in [-0.2, -0.15) is 0 Å². The van der Waals surface area contributed by atoms with E-state index in [0.717, 1.165) is 12.3 Å². The molecule has 0 fully saturated rings. The van der Waals surface area contributed by atoms with E-state index >= 15 is 0 Å². The third kappa shape index (κ3) is 9.42. The zero-order chi connectivity index (χ0) is 23.0. The van der Waals surface area contributed by atoms with E-state index in [0.29, 0.717) is 0 Å². The standard InChI is InChI=1S/C30H46NOP/c1-2-3-4-5-6-7-8-9-10-11-12-13-14-15-16-21-26-31-33-30-25-20-18-23-28(30)27-22-17-19-24-29(27)32-33/h17-20,22-25,31H,2-16,21,26H2,1H3. The van der Waals surface area contributed by atoms with E-state index in [2.05, 4.69) is 60.5 Å². The van der Waals surface area contributed by atoms with Gasteiger partial charge >= 0.3 is 0 Å². The maximum absolute atomic E-state index is 6.34. The van der Waals surface area contributed by atoms with Gasteiger partial charge in [0.25, 0.3) is 0 Å². The number of benzene rings is 2. The number of fused-ring (bicyclic) bond motifs is 3. The molecule has 182 valence electrons. The second-order valence-electron chi connectivity index (χ2n) is 9.61. The Kier molecular flexibility index (Phi) is 13.0. The van der Waals surface area contributed by atoms with Crippen molar-refractivity contribution in [1.29, 1.82) is 0 Å². The molecule has 3 heteroatoms. The van der Waals surface area contributed by atoms with Crippen molar-refractivity contribution in [3.8, 4) is 16.9 Å². The van der Waals surface area contributed by atoms with Crippen molar-refractivity contribution in [3.63, 3.8) is 0 Å². The van der Waals surface area contributed by atoms with Gasteiger partial charge in [0.15, 0.2) is 8.30 Å². The Bertz CT molecular complexity index is 777. The smallest absolute Gasteiger partial charge is 0.194 e. The molecule has 2 nitrogen and oxygen atoms in total. The van der Waals surface area contributed by atoms with Crippen LogP contribution in [0.4, 0.5) is 0 Å². The largest absolute Gasteiger partial charge is 0.453 e. The number of hydrogen-bond donors (Lipinski definition) is 1. The minimum atomic E-state index is -0.768. The van der Waals surface area contributed by atoms with Crippen molar-refractivity contribution in [2.45, 2.75) is 110 Å². The Balaban J connectivity index is 1.16. The van der Waals surface area contributed by atoms with Crippen molar-refractivity contribution < 1.29 is 4.52 Å². The van der Waals surface area contributed by atoms with Crippen LogP contribution in [0.3, 0.4) is 0 Å². The summed E-state index contributed by atoms with van der Waals surface area (Å²) < 4.78 is 6.34. The number of rotatable bonds is 18. The van der Waals surface area contributed by atoms with Gasteiger partial charge in [-0.1, -0.05) is 140 Å². The molecule has 0 radical (unpaired) electrons. The van der Waals surface area contributed by atoms with Crippen LogP contribution in [0.25, 0.3) is 11.1 Å². The molecule has 0 saturated carbocycles. The van der Waals surface area contributed by atoms with Gasteiger partial charge in [0.05, 0.1) is 0 Å². The summed E-state index contributed by atoms with van der Waals surface area (Å²) in [5, 5.41) is 5.03. The molecule has 0 bridgehead atoms. The van der Waals surface area contributed by atoms with Gasteiger partial charge in [0.1, 0.15) is 5.75 Å². The van der Waals surface area contributed by atoms with Crippen LogP contribution < -0.4 is 14.9 Å². The third-order valence-corrected chi connectivity index (χ3v) is 8.49. The molecule has 0 aromatic heterocycles. The third-order valence-electron chi connectivity index (χ3n) is 6.78. The minimum absolute atomic E-state index is 0.768. The molecule has 3 rings (SSSR count). The van der Waals surface area contributed by atoms with Gasteiger partial charge in [0, 0.05) is 17.4 Å². The SMILES string of the molecule is CCCCCCCCCCCCCCCCCCNP1Oc2ccccc2-c2ccccc21. The summed E-state index contributed by atoms with van der Waals surface area (Å²) in [6.07, 6.45) is 22.6. The van der Waals surface area contributed by atoms with Crippen molar-refractivity contribution >= 4 is 13.6 Å². The Morgan fingerprint density at radius 3 is 1.67 bits per heavy atom. The summed E-state index contributed by atoms with van der Waals surface area (Å²) in [7, 11) is -0.768. The molecule has 33 heavy (non-hydrogen) atoms. The van der Waals surface area contributed by atoms with Crippen LogP contribution in [0.1, 0.15) is 110 Å². The van der Waals surface area contributed by atoms with Crippen molar-refractivity contribution in [1.82, 2.24) is 5.09 Å². The van der Waals surface area contributed by atoms with E-state index in [1.807, 2.05) is 0 Å². The molecule has 1 unspecified atom stereocenters. The Labute approximate surface area is 204 Å². The molecule has 0 amide bonds. The molecule has 1 N–H and O–H groups in total. The van der Waals surface area contributed by atoms with Gasteiger partial charge in [-0.15, -0.1) is 0 Å². The van der Waals surface area contributed by atoms with Gasteiger partial charge in [-0.05, 0) is 24.1 Å². The lowest BCUT2D eigenvalue weighted by Crippen LogP contribution is -2.24. The van der Waals surface area contributed by atoms with Crippen LogP contribution >= 0.6 is 8.30 Å². The van der Waals surface area contributed by atoms with E-state index in [4.69, 9.17) is 4.52 Å². The first kappa shape index (κ1) is 26.2. The second kappa shape index (κ2) is 16.3. The zero-order valence-electron chi connectivity index (χ0n) is 21.0. The van der Waals surface area contributed by atoms with Crippen LogP contribution in [0.5, 0.6) is 5.75 Å². The first-order chi connectivity index (χ1) is 16.4. The van der Waals surface area contributed by atoms with Crippen LogP contribution in [0.15, 0.2) is 48.5 Å². The molecule has 0 saturated heterocycles. The lowest BCUT2D eigenvalue weighted by Gasteiger charge is -2.28. The molecule has 1 aliphatic heterocycles. The van der Waals surface area contributed by atoms with Gasteiger partial charge in [0.2, 0.25) is 0 Å². The van der Waals surface area contributed by atoms with Crippen LogP contribution in [-0.2, 0) is 0 Å². The summed E-state index contributed by atoms with van der Waals surface area (Å²) in [6, 6.07) is 17.1. The number of para-hydroxylation sites is 1. The van der Waals surface area contributed by atoms with Crippen molar-refractivity contribution in [3.05, 3.63) is 48.5 Å². The fourth-order valence-electron chi connectivity index (χ4n) is 4.77. The highest BCUT2D eigenvalue weighted by atomic mass is 31.2. The number of hydrogen-bond acceptors (Lipinski definition) is 2. The molecule has 2 aromatic rings. The summed E-state index contributed by atoms with van der Waals surface area (Å²) in [5.74, 6) is 1.02. The molecule has 0 aliphatic carbocycles. The first-order valence-electron chi connectivity index (χ1n) is 13.8. The Morgan fingerprint density at radius 1 is 0.576 bits per heavy atom. The minimum Gasteiger partial charge on any atom is -0.453 e. The Hall–Kier alpha value is -1.37. The fourth-order valence-corrected chi connectivity index (χ4v) is 6.45. The van der Waals surface area contributed by atoms with Crippen molar-refractivity contribution in [2.75, 3.05) is 6.54 Å². The topological polar surface area (TPSA) is 21.3 Å². The van der Waals surface area contributed by atoms with Gasteiger partial charge in [-0.25, -0.2) is 0 Å².